The van der Waals surface area contributed by atoms with E-state index in [0.717, 1.165) is 26.2 Å². The van der Waals surface area contributed by atoms with Crippen LogP contribution in [0.2, 0.25) is 0 Å². The minimum absolute atomic E-state index is 0.227. The topological polar surface area (TPSA) is 26.2 Å². The van der Waals surface area contributed by atoms with E-state index in [4.69, 9.17) is 4.74 Å². The highest BCUT2D eigenvalue weighted by Crippen LogP contribution is 2.31. The largest absolute Gasteiger partial charge is 0.371 e. The van der Waals surface area contributed by atoms with Gasteiger partial charge in [0.25, 0.3) is 0 Å². The van der Waals surface area contributed by atoms with Crippen LogP contribution in [-0.2, 0) is 17.7 Å². The molecule has 1 aromatic heterocycles. The van der Waals surface area contributed by atoms with Gasteiger partial charge in [-0.3, -0.25) is 0 Å². The Morgan fingerprint density at radius 2 is 2.33 bits per heavy atom. The Morgan fingerprint density at radius 3 is 3.22 bits per heavy atom. The van der Waals surface area contributed by atoms with Crippen molar-refractivity contribution in [2.75, 3.05) is 19.7 Å². The van der Waals surface area contributed by atoms with Crippen molar-refractivity contribution in [3.05, 3.63) is 35.5 Å². The second-order valence-corrected chi connectivity index (χ2v) is 5.29. The van der Waals surface area contributed by atoms with Gasteiger partial charge in [0, 0.05) is 31.2 Å². The maximum Gasteiger partial charge on any atom is 0.0950 e. The maximum absolute atomic E-state index is 5.87. The van der Waals surface area contributed by atoms with Crippen molar-refractivity contribution < 1.29 is 4.74 Å². The van der Waals surface area contributed by atoms with Crippen LogP contribution >= 0.6 is 0 Å². The molecule has 1 unspecified atom stereocenters. The van der Waals surface area contributed by atoms with Crippen molar-refractivity contribution in [1.82, 2.24) is 9.88 Å². The first-order valence-electron chi connectivity index (χ1n) is 6.86. The average Bonchev–Trinajstić information content (AvgIpc) is 2.85. The molecule has 4 rings (SSSR count). The summed E-state index contributed by atoms with van der Waals surface area (Å²) in [5.74, 6) is 0. The summed E-state index contributed by atoms with van der Waals surface area (Å²) in [6.45, 7) is 3.89. The maximum atomic E-state index is 5.87. The van der Waals surface area contributed by atoms with Gasteiger partial charge in [-0.25, -0.2) is 0 Å². The Labute approximate surface area is 107 Å². The molecule has 1 fully saturated rings. The Bertz CT molecular complexity index is 581. The molecule has 0 saturated carbocycles. The number of aromatic nitrogens is 1. The third kappa shape index (κ3) is 1.58. The molecule has 1 N–H and O–H groups in total. The van der Waals surface area contributed by atoms with Gasteiger partial charge in [0.1, 0.15) is 0 Å². The molecule has 94 valence electrons. The SMILES string of the molecule is c1c(C2CNCCO2)cc2ccn3c2c1CCC3. The first-order valence-corrected chi connectivity index (χ1v) is 6.86. The van der Waals surface area contributed by atoms with Crippen LogP contribution in [0.15, 0.2) is 24.4 Å². The second kappa shape index (κ2) is 4.11. The van der Waals surface area contributed by atoms with Crippen LogP contribution in [-0.4, -0.2) is 24.3 Å². The lowest BCUT2D eigenvalue weighted by atomic mass is 9.97. The molecule has 1 atom stereocenters. The summed E-state index contributed by atoms with van der Waals surface area (Å²) >= 11 is 0. The number of benzene rings is 1. The number of ether oxygens (including phenoxy) is 1. The molecule has 0 amide bonds. The van der Waals surface area contributed by atoms with E-state index in [-0.39, 0.29) is 6.10 Å². The van der Waals surface area contributed by atoms with E-state index >= 15 is 0 Å². The summed E-state index contributed by atoms with van der Waals surface area (Å²) in [5, 5.41) is 4.78. The lowest BCUT2D eigenvalue weighted by Gasteiger charge is -2.25. The third-order valence-electron chi connectivity index (χ3n) is 4.11. The van der Waals surface area contributed by atoms with Crippen molar-refractivity contribution in [3.63, 3.8) is 0 Å². The fraction of sp³-hybridized carbons (Fsp3) is 0.467. The van der Waals surface area contributed by atoms with Crippen LogP contribution in [0.4, 0.5) is 0 Å². The minimum atomic E-state index is 0.227. The van der Waals surface area contributed by atoms with Crippen LogP contribution in [0.25, 0.3) is 10.9 Å². The first kappa shape index (κ1) is 10.6. The Morgan fingerprint density at radius 1 is 1.33 bits per heavy atom. The number of nitrogens with zero attached hydrogens (tertiary/aromatic N) is 1. The highest BCUT2D eigenvalue weighted by molar-refractivity contribution is 5.84. The highest BCUT2D eigenvalue weighted by atomic mass is 16.5. The molecule has 0 radical (unpaired) electrons. The molecule has 0 aliphatic carbocycles. The number of aryl methyl sites for hydroxylation is 2. The summed E-state index contributed by atoms with van der Waals surface area (Å²) in [5.41, 5.74) is 4.27. The molecule has 18 heavy (non-hydrogen) atoms. The highest BCUT2D eigenvalue weighted by Gasteiger charge is 2.19. The molecule has 0 bridgehead atoms. The third-order valence-corrected chi connectivity index (χ3v) is 4.11. The number of hydrogen-bond donors (Lipinski definition) is 1. The lowest BCUT2D eigenvalue weighted by molar-refractivity contribution is 0.0277. The van der Waals surface area contributed by atoms with Crippen LogP contribution in [0, 0.1) is 0 Å². The predicted molar refractivity (Wildman–Crippen MR) is 71.8 cm³/mol. The molecule has 3 nitrogen and oxygen atoms in total. The van der Waals surface area contributed by atoms with E-state index < -0.39 is 0 Å². The Hall–Kier alpha value is -1.32. The van der Waals surface area contributed by atoms with Crippen LogP contribution in [0.3, 0.4) is 0 Å². The molecule has 0 spiro atoms. The summed E-state index contributed by atoms with van der Waals surface area (Å²) in [7, 11) is 0. The monoisotopic (exact) mass is 242 g/mol. The summed E-state index contributed by atoms with van der Waals surface area (Å²) in [4.78, 5) is 0. The van der Waals surface area contributed by atoms with E-state index in [0.29, 0.717) is 0 Å². The molecular formula is C15H18N2O. The van der Waals surface area contributed by atoms with Crippen LogP contribution < -0.4 is 5.32 Å². The smallest absolute Gasteiger partial charge is 0.0950 e. The molecule has 3 heterocycles. The zero-order valence-corrected chi connectivity index (χ0v) is 10.5. The zero-order valence-electron chi connectivity index (χ0n) is 10.5. The van der Waals surface area contributed by atoms with Gasteiger partial charge in [-0.15, -0.1) is 0 Å². The van der Waals surface area contributed by atoms with E-state index in [1.54, 1.807) is 0 Å². The van der Waals surface area contributed by atoms with Crippen molar-refractivity contribution in [2.45, 2.75) is 25.5 Å². The van der Waals surface area contributed by atoms with E-state index in [9.17, 15) is 0 Å². The van der Waals surface area contributed by atoms with E-state index in [2.05, 4.69) is 34.3 Å². The number of nitrogens with one attached hydrogen (secondary N) is 1. The molecule has 2 aliphatic rings. The molecular weight excluding hydrogens is 224 g/mol. The van der Waals surface area contributed by atoms with Crippen LogP contribution in [0.5, 0.6) is 0 Å². The average molecular weight is 242 g/mol. The Balaban J connectivity index is 1.82. The van der Waals surface area contributed by atoms with Crippen LogP contribution in [0.1, 0.15) is 23.7 Å². The molecule has 2 aliphatic heterocycles. The van der Waals surface area contributed by atoms with Crippen molar-refractivity contribution in [2.24, 2.45) is 0 Å². The molecule has 1 aromatic carbocycles. The van der Waals surface area contributed by atoms with E-state index in [1.807, 2.05) is 0 Å². The van der Waals surface area contributed by atoms with Gasteiger partial charge in [0.2, 0.25) is 0 Å². The minimum Gasteiger partial charge on any atom is -0.371 e. The molecule has 1 saturated heterocycles. The zero-order chi connectivity index (χ0) is 11.9. The summed E-state index contributed by atoms with van der Waals surface area (Å²) in [6, 6.07) is 6.90. The fourth-order valence-electron chi connectivity index (χ4n) is 3.25. The van der Waals surface area contributed by atoms with Gasteiger partial charge in [0.05, 0.1) is 18.2 Å². The van der Waals surface area contributed by atoms with Gasteiger partial charge < -0.3 is 14.6 Å². The summed E-state index contributed by atoms with van der Waals surface area (Å²) in [6.07, 6.45) is 4.90. The standard InChI is InChI=1S/C15H18N2O/c1-2-11-8-13(14-10-16-4-7-18-14)9-12-3-6-17(5-1)15(11)12/h3,6,8-9,14,16H,1-2,4-5,7,10H2. The molecule has 2 aromatic rings. The fourth-order valence-corrected chi connectivity index (χ4v) is 3.25. The van der Waals surface area contributed by atoms with Crippen molar-refractivity contribution in [3.8, 4) is 0 Å². The van der Waals surface area contributed by atoms with Gasteiger partial charge in [-0.05, 0) is 36.1 Å². The number of morpholine rings is 1. The number of rotatable bonds is 1. The second-order valence-electron chi connectivity index (χ2n) is 5.29. The van der Waals surface area contributed by atoms with Gasteiger partial charge in [0.15, 0.2) is 0 Å². The Kier molecular flexibility index (Phi) is 2.42. The quantitative estimate of drug-likeness (QED) is 0.830. The number of hydrogen-bond acceptors (Lipinski definition) is 2. The lowest BCUT2D eigenvalue weighted by Crippen LogP contribution is -2.33. The van der Waals surface area contributed by atoms with Crippen molar-refractivity contribution in [1.29, 1.82) is 0 Å². The van der Waals surface area contributed by atoms with E-state index in [1.165, 1.54) is 34.9 Å². The van der Waals surface area contributed by atoms with Gasteiger partial charge >= 0.3 is 0 Å². The first-order chi connectivity index (χ1) is 8.92. The molecule has 3 heteroatoms. The summed E-state index contributed by atoms with van der Waals surface area (Å²) < 4.78 is 8.25. The normalized spacial score (nSPS) is 23.4. The van der Waals surface area contributed by atoms with Gasteiger partial charge in [-0.2, -0.15) is 0 Å². The predicted octanol–water partition coefficient (Wildman–Crippen LogP) is 2.25. The van der Waals surface area contributed by atoms with Crippen molar-refractivity contribution >= 4 is 10.9 Å². The van der Waals surface area contributed by atoms with Gasteiger partial charge in [-0.1, -0.05) is 6.07 Å².